The second-order valence-electron chi connectivity index (χ2n) is 7.27. The summed E-state index contributed by atoms with van der Waals surface area (Å²) in [5.74, 6) is 0.0195. The zero-order valence-electron chi connectivity index (χ0n) is 17.9. The van der Waals surface area contributed by atoms with E-state index in [1.54, 1.807) is 24.1 Å². The van der Waals surface area contributed by atoms with Crippen molar-refractivity contribution in [3.8, 4) is 0 Å². The SMILES string of the molecule is COCCNC(=O)CSc1nc(Cl)cc(N2CCN(C(=O)c3cccc(F)c3)C(C)C2)n1. The van der Waals surface area contributed by atoms with E-state index in [-0.39, 0.29) is 28.8 Å². The lowest BCUT2D eigenvalue weighted by molar-refractivity contribution is -0.118. The highest BCUT2D eigenvalue weighted by Gasteiger charge is 2.29. The molecule has 1 aliphatic rings. The molecule has 1 N–H and O–H groups in total. The normalized spacial score (nSPS) is 16.2. The second-order valence-corrected chi connectivity index (χ2v) is 8.60. The van der Waals surface area contributed by atoms with Crippen LogP contribution in [0.25, 0.3) is 0 Å². The van der Waals surface area contributed by atoms with Crippen LogP contribution in [0.5, 0.6) is 0 Å². The molecule has 1 aromatic heterocycles. The summed E-state index contributed by atoms with van der Waals surface area (Å²) in [6.45, 7) is 4.36. The number of nitrogens with one attached hydrogen (secondary N) is 1. The Morgan fingerprint density at radius 1 is 1.31 bits per heavy atom. The van der Waals surface area contributed by atoms with Crippen LogP contribution in [0, 0.1) is 5.82 Å². The van der Waals surface area contributed by atoms with Gasteiger partial charge < -0.3 is 19.9 Å². The van der Waals surface area contributed by atoms with E-state index in [1.165, 1.54) is 30.0 Å². The number of amides is 2. The molecule has 2 heterocycles. The van der Waals surface area contributed by atoms with E-state index in [1.807, 2.05) is 11.8 Å². The molecule has 0 bridgehead atoms. The summed E-state index contributed by atoms with van der Waals surface area (Å²) in [4.78, 5) is 37.2. The first-order chi connectivity index (χ1) is 15.4. The van der Waals surface area contributed by atoms with Crippen molar-refractivity contribution in [2.45, 2.75) is 18.1 Å². The van der Waals surface area contributed by atoms with Gasteiger partial charge in [0.2, 0.25) is 5.91 Å². The van der Waals surface area contributed by atoms with Crippen molar-refractivity contribution < 1.29 is 18.7 Å². The molecular weight excluding hydrogens is 457 g/mol. The molecule has 0 radical (unpaired) electrons. The van der Waals surface area contributed by atoms with Crippen LogP contribution in [0.1, 0.15) is 17.3 Å². The van der Waals surface area contributed by atoms with Crippen molar-refractivity contribution in [3.05, 3.63) is 46.9 Å². The minimum atomic E-state index is -0.435. The van der Waals surface area contributed by atoms with Crippen molar-refractivity contribution >= 4 is 41.0 Å². The van der Waals surface area contributed by atoms with Gasteiger partial charge in [0, 0.05) is 51.0 Å². The Morgan fingerprint density at radius 2 is 2.12 bits per heavy atom. The fourth-order valence-electron chi connectivity index (χ4n) is 3.34. The smallest absolute Gasteiger partial charge is 0.254 e. The monoisotopic (exact) mass is 481 g/mol. The minimum Gasteiger partial charge on any atom is -0.383 e. The molecule has 32 heavy (non-hydrogen) atoms. The predicted octanol–water partition coefficient (Wildman–Crippen LogP) is 2.47. The van der Waals surface area contributed by atoms with Crippen LogP contribution in [0.2, 0.25) is 5.15 Å². The first kappa shape index (κ1) is 24.2. The lowest BCUT2D eigenvalue weighted by atomic mass is 10.1. The van der Waals surface area contributed by atoms with E-state index < -0.39 is 5.82 Å². The molecule has 3 rings (SSSR count). The topological polar surface area (TPSA) is 87.7 Å². The Hall–Kier alpha value is -2.43. The molecule has 1 atom stereocenters. The number of halogens is 2. The second kappa shape index (κ2) is 11.4. The van der Waals surface area contributed by atoms with Gasteiger partial charge in [-0.25, -0.2) is 14.4 Å². The quantitative estimate of drug-likeness (QED) is 0.268. The van der Waals surface area contributed by atoms with E-state index >= 15 is 0 Å². The van der Waals surface area contributed by atoms with Gasteiger partial charge in [0.25, 0.3) is 5.91 Å². The standard InChI is InChI=1S/C21H25ClFN5O3S/c1-14-12-27(7-8-28(14)20(30)15-4-3-5-16(23)10-15)18-11-17(22)25-21(26-18)32-13-19(29)24-6-9-31-2/h3-5,10-11,14H,6-9,12-13H2,1-2H3,(H,24,29). The van der Waals surface area contributed by atoms with E-state index in [9.17, 15) is 14.0 Å². The zero-order chi connectivity index (χ0) is 23.1. The molecule has 1 saturated heterocycles. The third-order valence-electron chi connectivity index (χ3n) is 4.91. The van der Waals surface area contributed by atoms with Gasteiger partial charge in [0.15, 0.2) is 5.16 Å². The first-order valence-electron chi connectivity index (χ1n) is 10.1. The largest absolute Gasteiger partial charge is 0.383 e. The van der Waals surface area contributed by atoms with Crippen molar-refractivity contribution in [3.63, 3.8) is 0 Å². The number of carbonyl (C=O) groups is 2. The Morgan fingerprint density at radius 3 is 2.84 bits per heavy atom. The van der Waals surface area contributed by atoms with Crippen LogP contribution in [0.4, 0.5) is 10.2 Å². The van der Waals surface area contributed by atoms with Gasteiger partial charge >= 0.3 is 0 Å². The Kier molecular flexibility index (Phi) is 8.66. The first-order valence-corrected chi connectivity index (χ1v) is 11.5. The molecule has 0 saturated carbocycles. The Bertz CT molecular complexity index is 967. The number of hydrogen-bond donors (Lipinski definition) is 1. The fourth-order valence-corrected chi connectivity index (χ4v) is 4.25. The number of carbonyl (C=O) groups excluding carboxylic acids is 2. The van der Waals surface area contributed by atoms with E-state index in [2.05, 4.69) is 15.3 Å². The summed E-state index contributed by atoms with van der Waals surface area (Å²) in [7, 11) is 1.57. The van der Waals surface area contributed by atoms with Crippen molar-refractivity contribution in [1.29, 1.82) is 0 Å². The predicted molar refractivity (Wildman–Crippen MR) is 122 cm³/mol. The van der Waals surface area contributed by atoms with Crippen LogP contribution in [-0.2, 0) is 9.53 Å². The maximum atomic E-state index is 13.5. The molecule has 172 valence electrons. The maximum absolute atomic E-state index is 13.5. The molecule has 8 nitrogen and oxygen atoms in total. The number of benzene rings is 1. The number of thioether (sulfide) groups is 1. The summed E-state index contributed by atoms with van der Waals surface area (Å²) in [6, 6.07) is 7.26. The summed E-state index contributed by atoms with van der Waals surface area (Å²) in [6.07, 6.45) is 0. The van der Waals surface area contributed by atoms with E-state index in [0.717, 1.165) is 0 Å². The van der Waals surface area contributed by atoms with Crippen LogP contribution in [0.15, 0.2) is 35.5 Å². The molecule has 1 fully saturated rings. The fraction of sp³-hybridized carbons (Fsp3) is 0.429. The number of ether oxygens (including phenoxy) is 1. The third kappa shape index (κ3) is 6.54. The molecule has 0 aliphatic carbocycles. The summed E-state index contributed by atoms with van der Waals surface area (Å²) in [5, 5.41) is 3.42. The Balaban J connectivity index is 1.61. The summed E-state index contributed by atoms with van der Waals surface area (Å²) in [5.41, 5.74) is 0.331. The average molecular weight is 482 g/mol. The minimum absolute atomic E-state index is 0.115. The van der Waals surface area contributed by atoms with Crippen LogP contribution >= 0.6 is 23.4 Å². The highest BCUT2D eigenvalue weighted by molar-refractivity contribution is 7.99. The number of aromatic nitrogens is 2. The number of hydrogen-bond acceptors (Lipinski definition) is 7. The summed E-state index contributed by atoms with van der Waals surface area (Å²) < 4.78 is 18.4. The number of nitrogens with zero attached hydrogens (tertiary/aromatic N) is 4. The highest BCUT2D eigenvalue weighted by Crippen LogP contribution is 2.24. The molecule has 1 aliphatic heterocycles. The third-order valence-corrected chi connectivity index (χ3v) is 5.95. The lowest BCUT2D eigenvalue weighted by Crippen LogP contribution is -2.54. The van der Waals surface area contributed by atoms with Crippen LogP contribution < -0.4 is 10.2 Å². The molecule has 2 aromatic rings. The number of methoxy groups -OCH3 is 1. The lowest BCUT2D eigenvalue weighted by Gasteiger charge is -2.40. The molecule has 1 aromatic carbocycles. The molecule has 2 amide bonds. The number of rotatable bonds is 8. The maximum Gasteiger partial charge on any atom is 0.254 e. The molecule has 11 heteroatoms. The number of anilines is 1. The van der Waals surface area contributed by atoms with Gasteiger partial charge in [-0.1, -0.05) is 29.4 Å². The Labute approximate surface area is 195 Å². The highest BCUT2D eigenvalue weighted by atomic mass is 35.5. The van der Waals surface area contributed by atoms with Crippen molar-refractivity contribution in [2.24, 2.45) is 0 Å². The van der Waals surface area contributed by atoms with E-state index in [4.69, 9.17) is 16.3 Å². The molecular formula is C21H25ClFN5O3S. The van der Waals surface area contributed by atoms with Crippen molar-refractivity contribution in [2.75, 3.05) is 50.5 Å². The van der Waals surface area contributed by atoms with Gasteiger partial charge in [-0.15, -0.1) is 0 Å². The van der Waals surface area contributed by atoms with Gasteiger partial charge in [-0.05, 0) is 25.1 Å². The zero-order valence-corrected chi connectivity index (χ0v) is 19.5. The van der Waals surface area contributed by atoms with E-state index in [0.29, 0.717) is 49.3 Å². The number of piperazine rings is 1. The van der Waals surface area contributed by atoms with Crippen LogP contribution in [-0.4, -0.2) is 78.4 Å². The average Bonchev–Trinajstić information content (AvgIpc) is 2.77. The summed E-state index contributed by atoms with van der Waals surface area (Å²) >= 11 is 7.39. The van der Waals surface area contributed by atoms with Gasteiger partial charge in [0.05, 0.1) is 12.4 Å². The molecule has 1 unspecified atom stereocenters. The van der Waals surface area contributed by atoms with Gasteiger partial charge in [-0.2, -0.15) is 0 Å². The van der Waals surface area contributed by atoms with Crippen LogP contribution in [0.3, 0.4) is 0 Å². The molecule has 0 spiro atoms. The van der Waals surface area contributed by atoms with Crippen molar-refractivity contribution in [1.82, 2.24) is 20.2 Å². The van der Waals surface area contributed by atoms with Gasteiger partial charge in [-0.3, -0.25) is 9.59 Å². The van der Waals surface area contributed by atoms with Gasteiger partial charge in [0.1, 0.15) is 16.8 Å².